The molecule has 4 aliphatic rings. The van der Waals surface area contributed by atoms with E-state index in [-0.39, 0.29) is 49.3 Å². The molecular formula is C40H55N3O9S. The van der Waals surface area contributed by atoms with Gasteiger partial charge in [-0.1, -0.05) is 50.3 Å². The van der Waals surface area contributed by atoms with Crippen LogP contribution in [-0.2, 0) is 38.4 Å². The monoisotopic (exact) mass is 753 g/mol. The summed E-state index contributed by atoms with van der Waals surface area (Å²) in [4.78, 5) is 62.3. The standard InChI is InChI=1S/C40H55N3O9S/c1-7-28-22-40(28,37(47)42-53(48,49)52-39(6)16-17-39)23-33(44)32-20-29(50-35-30-14-13-25(2)19-27(30)15-18-41-35)24-43(32)36(46)31(26-11-9-8-10-12-26)21-34(45)51-38(3,4)5/h13-15,18-19,26,28-29,31-32H,7-12,16-17,20-24H2,1-6H3,(H,42,47)/t28-,29-,31+,32+,40-/m1/s1. The molecule has 2 aromatic rings. The molecule has 3 saturated carbocycles. The first kappa shape index (κ1) is 39.1. The third kappa shape index (κ3) is 9.21. The van der Waals surface area contributed by atoms with E-state index in [1.807, 2.05) is 38.1 Å². The van der Waals surface area contributed by atoms with Crippen molar-refractivity contribution in [2.24, 2.45) is 23.2 Å². The van der Waals surface area contributed by atoms with Gasteiger partial charge in [0.15, 0.2) is 5.78 Å². The number of likely N-dealkylation sites (tertiary alicyclic amines) is 1. The number of aryl methyl sites for hydroxylation is 1. The summed E-state index contributed by atoms with van der Waals surface area (Å²) in [6.07, 6.45) is 7.49. The van der Waals surface area contributed by atoms with Crippen molar-refractivity contribution in [3.63, 3.8) is 0 Å². The highest BCUT2D eigenvalue weighted by Crippen LogP contribution is 2.58. The Bertz CT molecular complexity index is 1850. The van der Waals surface area contributed by atoms with Gasteiger partial charge in [-0.3, -0.25) is 19.2 Å². The molecule has 53 heavy (non-hydrogen) atoms. The average molecular weight is 754 g/mol. The first-order valence-corrected chi connectivity index (χ1v) is 20.7. The molecule has 0 bridgehead atoms. The maximum Gasteiger partial charge on any atom is 0.362 e. The molecule has 12 nitrogen and oxygen atoms in total. The number of carbonyl (C=O) groups is 4. The van der Waals surface area contributed by atoms with Crippen LogP contribution in [0.1, 0.15) is 117 Å². The first-order chi connectivity index (χ1) is 24.9. The predicted octanol–water partition coefficient (Wildman–Crippen LogP) is 6.13. The lowest BCUT2D eigenvalue weighted by atomic mass is 9.77. The lowest BCUT2D eigenvalue weighted by Crippen LogP contribution is -2.48. The minimum atomic E-state index is -4.39. The molecule has 290 valence electrons. The van der Waals surface area contributed by atoms with Crippen LogP contribution in [-0.4, -0.2) is 71.8 Å². The van der Waals surface area contributed by atoms with Crippen LogP contribution in [0.4, 0.5) is 0 Å². The van der Waals surface area contributed by atoms with Crippen LogP contribution in [0.2, 0.25) is 0 Å². The zero-order valence-electron chi connectivity index (χ0n) is 31.9. The first-order valence-electron chi connectivity index (χ1n) is 19.3. The largest absolute Gasteiger partial charge is 0.472 e. The van der Waals surface area contributed by atoms with Gasteiger partial charge in [-0.05, 0) is 96.1 Å². The molecule has 1 aromatic carbocycles. The number of aromatic nitrogens is 1. The number of esters is 1. The zero-order chi connectivity index (χ0) is 38.3. The fourth-order valence-corrected chi connectivity index (χ4v) is 9.57. The molecule has 2 heterocycles. The van der Waals surface area contributed by atoms with Crippen LogP contribution < -0.4 is 9.46 Å². The number of hydrogen-bond donors (Lipinski definition) is 1. The summed E-state index contributed by atoms with van der Waals surface area (Å²) in [5.74, 6) is -2.42. The van der Waals surface area contributed by atoms with Gasteiger partial charge in [-0.15, -0.1) is 0 Å². The number of rotatable bonds is 14. The third-order valence-electron chi connectivity index (χ3n) is 11.6. The van der Waals surface area contributed by atoms with E-state index in [4.69, 9.17) is 13.7 Å². The van der Waals surface area contributed by atoms with Crippen LogP contribution in [0.3, 0.4) is 0 Å². The number of pyridine rings is 1. The van der Waals surface area contributed by atoms with Crippen LogP contribution in [0.5, 0.6) is 5.88 Å². The van der Waals surface area contributed by atoms with Crippen molar-refractivity contribution in [1.82, 2.24) is 14.6 Å². The number of Topliss-reactive ketones (excluding diaryl/α,β-unsaturated/α-hetero) is 1. The summed E-state index contributed by atoms with van der Waals surface area (Å²) >= 11 is 0. The van der Waals surface area contributed by atoms with Crippen LogP contribution >= 0.6 is 0 Å². The number of ketones is 1. The quantitative estimate of drug-likeness (QED) is 0.223. The van der Waals surface area contributed by atoms with E-state index in [0.717, 1.165) is 48.4 Å². The van der Waals surface area contributed by atoms with Crippen molar-refractivity contribution in [2.75, 3.05) is 6.54 Å². The number of fused-ring (bicyclic) bond motifs is 1. The SMILES string of the molecule is CC[C@@H]1C[C@]1(CC(=O)[C@@H]1C[C@@H](Oc2nccc3cc(C)ccc23)CN1C(=O)[C@@H](CC(=O)OC(C)(C)C)C1CCCCC1)C(=O)NS(=O)(=O)OC1(C)CC1. The van der Waals surface area contributed by atoms with Crippen LogP contribution in [0, 0.1) is 30.1 Å². The van der Waals surface area contributed by atoms with E-state index in [1.54, 1.807) is 38.8 Å². The predicted molar refractivity (Wildman–Crippen MR) is 198 cm³/mol. The highest BCUT2D eigenvalue weighted by atomic mass is 32.2. The smallest absolute Gasteiger partial charge is 0.362 e. The van der Waals surface area contributed by atoms with E-state index < -0.39 is 56.9 Å². The van der Waals surface area contributed by atoms with Gasteiger partial charge in [0.2, 0.25) is 17.7 Å². The lowest BCUT2D eigenvalue weighted by molar-refractivity contribution is -0.160. The molecule has 6 rings (SSSR count). The number of nitrogens with one attached hydrogen (secondary N) is 1. The molecule has 1 aliphatic heterocycles. The second-order valence-electron chi connectivity index (χ2n) is 17.1. The summed E-state index contributed by atoms with van der Waals surface area (Å²) in [6, 6.07) is 6.90. The Hall–Kier alpha value is -3.58. The maximum absolute atomic E-state index is 14.8. The minimum Gasteiger partial charge on any atom is -0.472 e. The Morgan fingerprint density at radius 2 is 1.79 bits per heavy atom. The highest BCUT2D eigenvalue weighted by Gasteiger charge is 2.62. The van der Waals surface area contributed by atoms with Gasteiger partial charge in [-0.25, -0.2) is 13.9 Å². The number of carbonyl (C=O) groups excluding carboxylic acids is 4. The van der Waals surface area contributed by atoms with Crippen LogP contribution in [0.25, 0.3) is 10.8 Å². The molecule has 3 aliphatic carbocycles. The van der Waals surface area contributed by atoms with Gasteiger partial charge in [0.1, 0.15) is 11.7 Å². The molecule has 2 amide bonds. The Balaban J connectivity index is 1.28. The van der Waals surface area contributed by atoms with Gasteiger partial charge in [0.25, 0.3) is 0 Å². The number of nitrogens with zero attached hydrogens (tertiary/aromatic N) is 2. The Labute approximate surface area is 313 Å². The molecule has 0 radical (unpaired) electrons. The highest BCUT2D eigenvalue weighted by molar-refractivity contribution is 7.85. The van der Waals surface area contributed by atoms with Crippen molar-refractivity contribution in [3.8, 4) is 5.88 Å². The Morgan fingerprint density at radius 3 is 2.43 bits per heavy atom. The summed E-state index contributed by atoms with van der Waals surface area (Å²) < 4.78 is 45.2. The van der Waals surface area contributed by atoms with Crippen molar-refractivity contribution in [3.05, 3.63) is 36.0 Å². The van der Waals surface area contributed by atoms with Crippen molar-refractivity contribution in [1.29, 1.82) is 0 Å². The average Bonchev–Trinajstić information content (AvgIpc) is 3.94. The Kier molecular flexibility index (Phi) is 11.0. The lowest BCUT2D eigenvalue weighted by Gasteiger charge is -2.34. The normalized spacial score (nSPS) is 26.2. The number of hydrogen-bond acceptors (Lipinski definition) is 10. The van der Waals surface area contributed by atoms with E-state index in [1.165, 1.54) is 0 Å². The maximum atomic E-state index is 14.8. The summed E-state index contributed by atoms with van der Waals surface area (Å²) in [5.41, 5.74) is -1.71. The molecule has 1 saturated heterocycles. The second-order valence-corrected chi connectivity index (χ2v) is 18.4. The van der Waals surface area contributed by atoms with Gasteiger partial charge < -0.3 is 14.4 Å². The minimum absolute atomic E-state index is 0.0500. The molecule has 0 spiro atoms. The zero-order valence-corrected chi connectivity index (χ0v) is 32.8. The number of benzene rings is 1. The third-order valence-corrected chi connectivity index (χ3v) is 12.6. The molecule has 1 N–H and O–H groups in total. The molecule has 0 unspecified atom stereocenters. The summed E-state index contributed by atoms with van der Waals surface area (Å²) in [6.45, 7) is 11.0. The molecular weight excluding hydrogens is 699 g/mol. The van der Waals surface area contributed by atoms with E-state index in [2.05, 4.69) is 9.71 Å². The van der Waals surface area contributed by atoms with Crippen molar-refractivity contribution >= 4 is 44.6 Å². The van der Waals surface area contributed by atoms with Crippen LogP contribution in [0.15, 0.2) is 30.5 Å². The number of amides is 2. The summed E-state index contributed by atoms with van der Waals surface area (Å²) in [7, 11) is -4.39. The molecule has 1 aromatic heterocycles. The van der Waals surface area contributed by atoms with E-state index >= 15 is 0 Å². The van der Waals surface area contributed by atoms with Crippen molar-refractivity contribution < 1.29 is 41.3 Å². The molecule has 4 fully saturated rings. The summed E-state index contributed by atoms with van der Waals surface area (Å²) in [5, 5.41) is 1.75. The van der Waals surface area contributed by atoms with E-state index in [9.17, 15) is 27.6 Å². The van der Waals surface area contributed by atoms with Gasteiger partial charge in [0, 0.05) is 24.4 Å². The molecule has 5 atom stereocenters. The van der Waals surface area contributed by atoms with Gasteiger partial charge in [0.05, 0.1) is 35.9 Å². The van der Waals surface area contributed by atoms with Gasteiger partial charge >= 0.3 is 16.3 Å². The Morgan fingerprint density at radius 1 is 1.08 bits per heavy atom. The number of ether oxygens (including phenoxy) is 2. The fourth-order valence-electron chi connectivity index (χ4n) is 8.40. The van der Waals surface area contributed by atoms with Gasteiger partial charge in [-0.2, -0.15) is 8.42 Å². The van der Waals surface area contributed by atoms with E-state index in [0.29, 0.717) is 31.6 Å². The topological polar surface area (TPSA) is 158 Å². The molecule has 13 heteroatoms. The fraction of sp³-hybridized carbons (Fsp3) is 0.675. The van der Waals surface area contributed by atoms with Crippen molar-refractivity contribution in [2.45, 2.75) is 142 Å². The second kappa shape index (κ2) is 14.9.